The maximum absolute atomic E-state index is 12.8. The number of rotatable bonds is 4. The maximum Gasteiger partial charge on any atom is 0.259 e. The number of nitrogens with zero attached hydrogens (tertiary/aromatic N) is 1. The summed E-state index contributed by atoms with van der Waals surface area (Å²) in [6.07, 6.45) is 0.811. The van der Waals surface area contributed by atoms with Gasteiger partial charge in [-0.3, -0.25) is 4.79 Å². The van der Waals surface area contributed by atoms with Gasteiger partial charge in [-0.15, -0.1) is 0 Å². The Kier molecular flexibility index (Phi) is 5.10. The monoisotopic (exact) mass is 322 g/mol. The zero-order chi connectivity index (χ0) is 15.4. The Balaban J connectivity index is 2.43. The first-order chi connectivity index (χ1) is 10.0. The summed E-state index contributed by atoms with van der Waals surface area (Å²) in [4.78, 5) is 14.4. The molecule has 0 aliphatic carbocycles. The summed E-state index contributed by atoms with van der Waals surface area (Å²) in [5.41, 5.74) is 7.65. The van der Waals surface area contributed by atoms with Crippen molar-refractivity contribution in [3.63, 3.8) is 0 Å². The zero-order valence-corrected chi connectivity index (χ0v) is 13.2. The molecule has 0 unspecified atom stereocenters. The Morgan fingerprint density at radius 1 is 1.19 bits per heavy atom. The molecular formula is C16H16Cl2N2O. The largest absolute Gasteiger partial charge is 0.397 e. The standard InChI is InChI=1S/C16H16Cl2N2O/c1-2-9-20(15-6-4-3-5-14(15)19)16(21)12-8-7-11(17)10-13(12)18/h3-8,10H,2,9,19H2,1H3. The summed E-state index contributed by atoms with van der Waals surface area (Å²) in [6, 6.07) is 12.1. The molecule has 0 fully saturated rings. The van der Waals surface area contributed by atoms with Gasteiger partial charge < -0.3 is 10.6 Å². The van der Waals surface area contributed by atoms with Crippen LogP contribution in [-0.2, 0) is 0 Å². The van der Waals surface area contributed by atoms with E-state index in [1.165, 1.54) is 0 Å². The number of carbonyl (C=O) groups is 1. The van der Waals surface area contributed by atoms with Crippen LogP contribution in [0.25, 0.3) is 0 Å². The Morgan fingerprint density at radius 3 is 2.52 bits per heavy atom. The minimum Gasteiger partial charge on any atom is -0.397 e. The second kappa shape index (κ2) is 6.83. The summed E-state index contributed by atoms with van der Waals surface area (Å²) in [7, 11) is 0. The Morgan fingerprint density at radius 2 is 1.90 bits per heavy atom. The van der Waals surface area contributed by atoms with Crippen molar-refractivity contribution in [3.8, 4) is 0 Å². The van der Waals surface area contributed by atoms with Crippen LogP contribution < -0.4 is 10.6 Å². The van der Waals surface area contributed by atoms with Crippen LogP contribution in [0.4, 0.5) is 11.4 Å². The SMILES string of the molecule is CCCN(C(=O)c1ccc(Cl)cc1Cl)c1ccccc1N. The summed E-state index contributed by atoms with van der Waals surface area (Å²) in [5, 5.41) is 0.834. The summed E-state index contributed by atoms with van der Waals surface area (Å²) in [6.45, 7) is 2.56. The molecule has 2 aromatic carbocycles. The molecule has 0 aliphatic heterocycles. The number of carbonyl (C=O) groups excluding carboxylic acids is 1. The number of nitrogens with two attached hydrogens (primary N) is 1. The summed E-state index contributed by atoms with van der Waals surface area (Å²) in [5.74, 6) is -0.184. The van der Waals surface area contributed by atoms with Crippen LogP contribution in [-0.4, -0.2) is 12.5 Å². The number of benzene rings is 2. The molecule has 0 saturated carbocycles. The van der Waals surface area contributed by atoms with Crippen LogP contribution in [0.1, 0.15) is 23.7 Å². The van der Waals surface area contributed by atoms with Gasteiger partial charge in [0.05, 0.1) is 22.0 Å². The van der Waals surface area contributed by atoms with Gasteiger partial charge in [0.15, 0.2) is 0 Å². The third kappa shape index (κ3) is 3.49. The molecule has 0 atom stereocenters. The van der Waals surface area contributed by atoms with Crippen LogP contribution in [0.2, 0.25) is 10.0 Å². The van der Waals surface area contributed by atoms with E-state index in [1.54, 1.807) is 29.2 Å². The fourth-order valence-corrected chi connectivity index (χ4v) is 2.59. The van der Waals surface area contributed by atoms with Crippen molar-refractivity contribution in [1.29, 1.82) is 0 Å². The molecule has 0 spiro atoms. The number of para-hydroxylation sites is 2. The minimum absolute atomic E-state index is 0.184. The van der Waals surface area contributed by atoms with Crippen LogP contribution >= 0.6 is 23.2 Å². The minimum atomic E-state index is -0.184. The second-order valence-corrected chi connectivity index (χ2v) is 5.48. The topological polar surface area (TPSA) is 46.3 Å². The molecule has 3 nitrogen and oxygen atoms in total. The number of amides is 1. The maximum atomic E-state index is 12.8. The Hall–Kier alpha value is -1.71. The number of hydrogen-bond donors (Lipinski definition) is 1. The van der Waals surface area contributed by atoms with Gasteiger partial charge in [-0.1, -0.05) is 42.3 Å². The van der Waals surface area contributed by atoms with E-state index in [0.29, 0.717) is 33.5 Å². The summed E-state index contributed by atoms with van der Waals surface area (Å²) >= 11 is 12.0. The first-order valence-electron chi connectivity index (χ1n) is 6.66. The normalized spacial score (nSPS) is 10.4. The number of anilines is 2. The molecule has 0 saturated heterocycles. The van der Waals surface area contributed by atoms with E-state index in [1.807, 2.05) is 25.1 Å². The highest BCUT2D eigenvalue weighted by Crippen LogP contribution is 2.28. The van der Waals surface area contributed by atoms with Crippen molar-refractivity contribution < 1.29 is 4.79 Å². The van der Waals surface area contributed by atoms with Crippen molar-refractivity contribution in [1.82, 2.24) is 0 Å². The zero-order valence-electron chi connectivity index (χ0n) is 11.6. The molecule has 2 aromatic rings. The van der Waals surface area contributed by atoms with Gasteiger partial charge in [-0.05, 0) is 36.8 Å². The highest BCUT2D eigenvalue weighted by Gasteiger charge is 2.21. The first kappa shape index (κ1) is 15.7. The quantitative estimate of drug-likeness (QED) is 0.834. The first-order valence-corrected chi connectivity index (χ1v) is 7.41. The van der Waals surface area contributed by atoms with E-state index >= 15 is 0 Å². The molecule has 5 heteroatoms. The molecular weight excluding hydrogens is 307 g/mol. The van der Waals surface area contributed by atoms with Crippen LogP contribution in [0.15, 0.2) is 42.5 Å². The van der Waals surface area contributed by atoms with Crippen molar-refractivity contribution >= 4 is 40.5 Å². The molecule has 0 bridgehead atoms. The van der Waals surface area contributed by atoms with Crippen molar-refractivity contribution in [2.45, 2.75) is 13.3 Å². The van der Waals surface area contributed by atoms with Gasteiger partial charge in [0.2, 0.25) is 0 Å². The van der Waals surface area contributed by atoms with E-state index in [2.05, 4.69) is 0 Å². The lowest BCUT2D eigenvalue weighted by Crippen LogP contribution is -2.32. The van der Waals surface area contributed by atoms with Gasteiger partial charge >= 0.3 is 0 Å². The fourth-order valence-electron chi connectivity index (χ4n) is 2.10. The average Bonchev–Trinajstić information content (AvgIpc) is 2.45. The van der Waals surface area contributed by atoms with E-state index in [9.17, 15) is 4.79 Å². The number of nitrogen functional groups attached to an aromatic ring is 1. The van der Waals surface area contributed by atoms with Crippen molar-refractivity contribution in [2.75, 3.05) is 17.2 Å². The van der Waals surface area contributed by atoms with E-state index in [-0.39, 0.29) is 5.91 Å². The molecule has 21 heavy (non-hydrogen) atoms. The smallest absolute Gasteiger partial charge is 0.259 e. The fraction of sp³-hybridized carbons (Fsp3) is 0.188. The number of hydrogen-bond acceptors (Lipinski definition) is 2. The Labute approximate surface area is 134 Å². The molecule has 1 amide bonds. The predicted octanol–water partition coefficient (Wildman–Crippen LogP) is 4.63. The van der Waals surface area contributed by atoms with Crippen LogP contribution in [0, 0.1) is 0 Å². The lowest BCUT2D eigenvalue weighted by atomic mass is 10.1. The average molecular weight is 323 g/mol. The van der Waals surface area contributed by atoms with E-state index < -0.39 is 0 Å². The van der Waals surface area contributed by atoms with Gasteiger partial charge in [0, 0.05) is 11.6 Å². The second-order valence-electron chi connectivity index (χ2n) is 4.64. The predicted molar refractivity (Wildman–Crippen MR) is 89.3 cm³/mol. The molecule has 110 valence electrons. The molecule has 0 radical (unpaired) electrons. The lowest BCUT2D eigenvalue weighted by molar-refractivity contribution is 0.0987. The Bertz CT molecular complexity index is 658. The van der Waals surface area contributed by atoms with Gasteiger partial charge in [0.1, 0.15) is 0 Å². The molecule has 0 aromatic heterocycles. The van der Waals surface area contributed by atoms with E-state index in [0.717, 1.165) is 6.42 Å². The van der Waals surface area contributed by atoms with Crippen molar-refractivity contribution in [2.24, 2.45) is 0 Å². The van der Waals surface area contributed by atoms with Gasteiger partial charge in [0.25, 0.3) is 5.91 Å². The molecule has 0 aliphatic rings. The van der Waals surface area contributed by atoms with Crippen LogP contribution in [0.5, 0.6) is 0 Å². The van der Waals surface area contributed by atoms with Crippen molar-refractivity contribution in [3.05, 3.63) is 58.1 Å². The third-order valence-corrected chi connectivity index (χ3v) is 3.63. The highest BCUT2D eigenvalue weighted by molar-refractivity contribution is 6.37. The van der Waals surface area contributed by atoms with Gasteiger partial charge in [-0.25, -0.2) is 0 Å². The third-order valence-electron chi connectivity index (χ3n) is 3.08. The van der Waals surface area contributed by atoms with E-state index in [4.69, 9.17) is 28.9 Å². The van der Waals surface area contributed by atoms with Gasteiger partial charge in [-0.2, -0.15) is 0 Å². The molecule has 0 heterocycles. The highest BCUT2D eigenvalue weighted by atomic mass is 35.5. The molecule has 2 rings (SSSR count). The molecule has 2 N–H and O–H groups in total. The lowest BCUT2D eigenvalue weighted by Gasteiger charge is -2.24. The van der Waals surface area contributed by atoms with Crippen LogP contribution in [0.3, 0.4) is 0 Å². The number of halogens is 2. The summed E-state index contributed by atoms with van der Waals surface area (Å²) < 4.78 is 0.